The maximum Gasteiger partial charge on any atom is 0.232 e. The summed E-state index contributed by atoms with van der Waals surface area (Å²) < 4.78 is 16.3. The monoisotopic (exact) mass is 328 g/mol. The third-order valence-corrected chi connectivity index (χ3v) is 4.78. The smallest absolute Gasteiger partial charge is 0.232 e. The summed E-state index contributed by atoms with van der Waals surface area (Å²) in [5, 5.41) is 1.98. The van der Waals surface area contributed by atoms with Crippen LogP contribution in [0.15, 0.2) is 47.0 Å². The van der Waals surface area contributed by atoms with Crippen molar-refractivity contribution in [2.45, 2.75) is 20.8 Å². The minimum absolute atomic E-state index is 0.511. The number of pyridine rings is 1. The average molecular weight is 328 g/mol. The van der Waals surface area contributed by atoms with Gasteiger partial charge in [0.05, 0.1) is 13.5 Å². The molecule has 0 atom stereocenters. The van der Waals surface area contributed by atoms with E-state index >= 15 is 0 Å². The van der Waals surface area contributed by atoms with Crippen molar-refractivity contribution in [3.63, 3.8) is 0 Å². The van der Waals surface area contributed by atoms with Gasteiger partial charge in [0.25, 0.3) is 0 Å². The fourth-order valence-electron chi connectivity index (χ4n) is 3.41. The first-order chi connectivity index (χ1) is 12.4. The lowest BCUT2D eigenvalue weighted by atomic mass is 9.99. The van der Waals surface area contributed by atoms with E-state index in [4.69, 9.17) is 12.4 Å². The maximum absolute atomic E-state index is 8.02. The van der Waals surface area contributed by atoms with Crippen molar-refractivity contribution in [1.29, 1.82) is 0 Å². The van der Waals surface area contributed by atoms with Crippen LogP contribution < -0.4 is 4.57 Å². The van der Waals surface area contributed by atoms with E-state index in [0.29, 0.717) is 17.3 Å². The highest BCUT2D eigenvalue weighted by Crippen LogP contribution is 2.41. The summed E-state index contributed by atoms with van der Waals surface area (Å²) in [6, 6.07) is 10.7. The van der Waals surface area contributed by atoms with E-state index in [1.807, 2.05) is 49.9 Å². The quantitative estimate of drug-likeness (QED) is 0.331. The molecule has 0 bridgehead atoms. The van der Waals surface area contributed by atoms with E-state index in [1.54, 1.807) is 0 Å². The van der Waals surface area contributed by atoms with Crippen LogP contribution in [-0.4, -0.2) is 0 Å². The second-order valence-electron chi connectivity index (χ2n) is 6.55. The van der Waals surface area contributed by atoms with Crippen LogP contribution in [-0.2, 0) is 7.05 Å². The molecule has 4 aromatic rings. The number of fused-ring (bicyclic) bond motifs is 3. The Labute approximate surface area is 148 Å². The van der Waals surface area contributed by atoms with Gasteiger partial charge < -0.3 is 4.42 Å². The zero-order valence-electron chi connectivity index (χ0n) is 15.8. The molecule has 2 heterocycles. The molecule has 122 valence electrons. The number of hydrogen-bond acceptors (Lipinski definition) is 1. The lowest BCUT2D eigenvalue weighted by Crippen LogP contribution is -2.30. The van der Waals surface area contributed by atoms with Crippen molar-refractivity contribution >= 4 is 27.6 Å². The molecule has 2 aromatic heterocycles. The average Bonchev–Trinajstić information content (AvgIpc) is 2.97. The van der Waals surface area contributed by atoms with E-state index in [0.717, 1.165) is 44.3 Å². The Morgan fingerprint density at radius 1 is 1.04 bits per heavy atom. The van der Waals surface area contributed by atoms with Crippen molar-refractivity contribution in [3.8, 4) is 11.3 Å². The number of rotatable bonds is 1. The highest BCUT2D eigenvalue weighted by atomic mass is 16.3. The van der Waals surface area contributed by atoms with Gasteiger partial charge in [0.1, 0.15) is 18.2 Å². The van der Waals surface area contributed by atoms with E-state index < -0.39 is 0 Å². The van der Waals surface area contributed by atoms with E-state index in [9.17, 15) is 0 Å². The number of furan rings is 1. The number of benzene rings is 2. The fraction of sp³-hybridized carbons (Fsp3) is 0.182. The van der Waals surface area contributed by atoms with Crippen molar-refractivity contribution in [1.82, 2.24) is 0 Å². The summed E-state index contributed by atoms with van der Waals surface area (Å²) in [7, 11) is 1.95. The Kier molecular flexibility index (Phi) is 3.11. The van der Waals surface area contributed by atoms with Crippen LogP contribution >= 0.6 is 0 Å². The van der Waals surface area contributed by atoms with Gasteiger partial charge in [-0.25, -0.2) is 9.41 Å². The normalized spacial score (nSPS) is 11.7. The lowest BCUT2D eigenvalue weighted by Gasteiger charge is -2.06. The van der Waals surface area contributed by atoms with Gasteiger partial charge in [0.2, 0.25) is 11.4 Å². The van der Waals surface area contributed by atoms with Crippen LogP contribution in [0.1, 0.15) is 18.1 Å². The molecule has 0 fully saturated rings. The standard InChI is InChI=1S/C22H19N2O/c1-13-10-11-24(5)18(12-13)19-14(2)6-8-16-17-9-7-15(3)20(23-4)22(17)25-21(16)19/h6-12H,1-3,5H3/q+1/i10D. The van der Waals surface area contributed by atoms with Gasteiger partial charge in [-0.05, 0) is 37.5 Å². The molecular weight excluding hydrogens is 308 g/mol. The molecule has 4 rings (SSSR count). The summed E-state index contributed by atoms with van der Waals surface area (Å²) in [5.41, 5.74) is 6.98. The van der Waals surface area contributed by atoms with E-state index in [2.05, 4.69) is 23.9 Å². The molecule has 0 amide bonds. The third-order valence-electron chi connectivity index (χ3n) is 4.78. The van der Waals surface area contributed by atoms with Crippen molar-refractivity contribution < 1.29 is 10.4 Å². The Morgan fingerprint density at radius 3 is 2.44 bits per heavy atom. The van der Waals surface area contributed by atoms with Crippen LogP contribution in [0.4, 0.5) is 5.69 Å². The highest BCUT2D eigenvalue weighted by Gasteiger charge is 2.22. The molecule has 0 spiro atoms. The predicted molar refractivity (Wildman–Crippen MR) is 101 cm³/mol. The van der Waals surface area contributed by atoms with Crippen LogP contribution in [0.25, 0.3) is 38.0 Å². The Balaban J connectivity index is 2.17. The largest absolute Gasteiger partial charge is 0.466 e. The zero-order valence-corrected chi connectivity index (χ0v) is 14.8. The summed E-state index contributed by atoms with van der Waals surface area (Å²) in [5.74, 6) is 0. The van der Waals surface area contributed by atoms with Gasteiger partial charge in [-0.2, -0.15) is 0 Å². The Bertz CT molecular complexity index is 1250. The number of aryl methyl sites for hydroxylation is 4. The number of hydrogen-bond donors (Lipinski definition) is 0. The van der Waals surface area contributed by atoms with Gasteiger partial charge >= 0.3 is 0 Å². The van der Waals surface area contributed by atoms with E-state index in [1.165, 1.54) is 0 Å². The van der Waals surface area contributed by atoms with Gasteiger partial charge in [-0.15, -0.1) is 0 Å². The molecule has 0 saturated carbocycles. The van der Waals surface area contributed by atoms with Crippen molar-refractivity contribution in [2.75, 3.05) is 0 Å². The molecule has 0 radical (unpaired) electrons. The molecule has 0 aliphatic rings. The SMILES string of the molecule is [2H]c1c[n+](C)c(-c2c(C)ccc3c2oc2c([N+]#[C-])c(C)ccc23)cc1C. The van der Waals surface area contributed by atoms with Crippen LogP contribution in [0.3, 0.4) is 0 Å². The fourth-order valence-corrected chi connectivity index (χ4v) is 3.41. The highest BCUT2D eigenvalue weighted by molar-refractivity contribution is 6.13. The van der Waals surface area contributed by atoms with Crippen molar-refractivity contribution in [3.05, 3.63) is 70.7 Å². The van der Waals surface area contributed by atoms with Crippen molar-refractivity contribution in [2.24, 2.45) is 7.05 Å². The summed E-state index contributed by atoms with van der Waals surface area (Å²) >= 11 is 0. The molecule has 25 heavy (non-hydrogen) atoms. The Hall–Kier alpha value is -3.12. The van der Waals surface area contributed by atoms with Gasteiger partial charge in [0, 0.05) is 22.9 Å². The maximum atomic E-state index is 8.02. The molecule has 0 saturated heterocycles. The second kappa shape index (κ2) is 5.46. The molecule has 0 aliphatic carbocycles. The molecule has 3 heteroatoms. The minimum Gasteiger partial charge on any atom is -0.466 e. The first-order valence-corrected chi connectivity index (χ1v) is 8.22. The molecule has 3 nitrogen and oxygen atoms in total. The molecule has 0 aliphatic heterocycles. The number of nitrogens with zero attached hydrogens (tertiary/aromatic N) is 2. The molecular formula is C22H19N2O+. The van der Waals surface area contributed by atoms with Crippen LogP contribution in [0, 0.1) is 27.3 Å². The van der Waals surface area contributed by atoms with Crippen LogP contribution in [0.5, 0.6) is 0 Å². The van der Waals surface area contributed by atoms with E-state index in [-0.39, 0.29) is 0 Å². The van der Waals surface area contributed by atoms with Gasteiger partial charge in [-0.1, -0.05) is 24.3 Å². The summed E-state index contributed by atoms with van der Waals surface area (Å²) in [6.45, 7) is 13.5. The molecule has 2 aromatic carbocycles. The number of aromatic nitrogens is 1. The van der Waals surface area contributed by atoms with Gasteiger partial charge in [-0.3, -0.25) is 0 Å². The lowest BCUT2D eigenvalue weighted by molar-refractivity contribution is -0.660. The second-order valence-corrected chi connectivity index (χ2v) is 6.55. The topological polar surface area (TPSA) is 21.4 Å². The first-order valence-electron chi connectivity index (χ1n) is 8.72. The van der Waals surface area contributed by atoms with Crippen LogP contribution in [0.2, 0.25) is 0 Å². The zero-order chi connectivity index (χ0) is 18.6. The summed E-state index contributed by atoms with van der Waals surface area (Å²) in [4.78, 5) is 3.69. The Morgan fingerprint density at radius 2 is 1.72 bits per heavy atom. The molecule has 0 N–H and O–H groups in total. The van der Waals surface area contributed by atoms with Gasteiger partial charge in [0.15, 0.2) is 6.20 Å². The molecule has 0 unspecified atom stereocenters. The first kappa shape index (κ1) is 14.2. The summed E-state index contributed by atoms with van der Waals surface area (Å²) in [6.07, 6.45) is 1.82. The third kappa shape index (κ3) is 2.22. The minimum atomic E-state index is 0.511. The predicted octanol–water partition coefficient (Wildman–Crippen LogP) is 5.55.